The molecule has 0 aromatic heterocycles. The van der Waals surface area contributed by atoms with E-state index in [9.17, 15) is 0 Å². The summed E-state index contributed by atoms with van der Waals surface area (Å²) < 4.78 is 0. The lowest BCUT2D eigenvalue weighted by Gasteiger charge is -2.29. The highest BCUT2D eigenvalue weighted by atomic mass is 15.2. The van der Waals surface area contributed by atoms with Crippen molar-refractivity contribution < 1.29 is 0 Å². The Hall–Kier alpha value is -0.810. The van der Waals surface area contributed by atoms with E-state index in [1.54, 1.807) is 0 Å². The molecule has 0 aliphatic heterocycles. The van der Waals surface area contributed by atoms with E-state index in [1.165, 1.54) is 0 Å². The average Bonchev–Trinajstić information content (AvgIpc) is 2.04. The van der Waals surface area contributed by atoms with Crippen LogP contribution in [-0.2, 0) is 0 Å². The van der Waals surface area contributed by atoms with Gasteiger partial charge in [-0.3, -0.25) is 4.90 Å². The molecule has 1 unspecified atom stereocenters. The maximum absolute atomic E-state index is 8.45. The predicted molar refractivity (Wildman–Crippen MR) is 51.7 cm³/mol. The lowest BCUT2D eigenvalue weighted by molar-refractivity contribution is 0.197. The molecule has 0 fully saturated rings. The number of hydrogen-bond acceptors (Lipinski definition) is 2. The molecule has 12 heavy (non-hydrogen) atoms. The Labute approximate surface area is 75.5 Å². The van der Waals surface area contributed by atoms with Gasteiger partial charge in [0.25, 0.3) is 0 Å². The van der Waals surface area contributed by atoms with E-state index >= 15 is 0 Å². The van der Waals surface area contributed by atoms with E-state index in [0.29, 0.717) is 18.5 Å². The monoisotopic (exact) mass is 166 g/mol. The van der Waals surface area contributed by atoms with Crippen LogP contribution < -0.4 is 0 Å². The Kier molecular flexibility index (Phi) is 5.40. The van der Waals surface area contributed by atoms with Gasteiger partial charge in [-0.15, -0.1) is 6.58 Å². The fourth-order valence-electron chi connectivity index (χ4n) is 1.25. The summed E-state index contributed by atoms with van der Waals surface area (Å²) in [5.74, 6) is 0. The fraction of sp³-hybridized carbons (Fsp3) is 0.700. The Bertz CT molecular complexity index is 167. The van der Waals surface area contributed by atoms with Crippen molar-refractivity contribution in [1.82, 2.24) is 4.90 Å². The maximum Gasteiger partial charge on any atom is 0.0635 e. The third-order valence-corrected chi connectivity index (χ3v) is 2.01. The topological polar surface area (TPSA) is 27.0 Å². The molecule has 0 N–H and O–H groups in total. The standard InChI is InChI=1S/C10H18N2/c1-5-10(4)12(9(2)3)8-6-7-11/h5,9-10H,1,6,8H2,2-4H3. The zero-order valence-electron chi connectivity index (χ0n) is 8.25. The molecule has 0 aliphatic rings. The van der Waals surface area contributed by atoms with Crippen LogP contribution in [-0.4, -0.2) is 23.5 Å². The summed E-state index contributed by atoms with van der Waals surface area (Å²) in [5, 5.41) is 8.45. The minimum atomic E-state index is 0.360. The van der Waals surface area contributed by atoms with E-state index in [1.807, 2.05) is 6.08 Å². The molecule has 68 valence electrons. The zero-order valence-corrected chi connectivity index (χ0v) is 8.25. The molecule has 0 aliphatic carbocycles. The summed E-state index contributed by atoms with van der Waals surface area (Å²) in [6, 6.07) is 2.99. The first-order chi connectivity index (χ1) is 5.63. The molecule has 2 heteroatoms. The Morgan fingerprint density at radius 2 is 2.08 bits per heavy atom. The number of rotatable bonds is 5. The summed E-state index contributed by atoms with van der Waals surface area (Å²) in [7, 11) is 0. The third kappa shape index (κ3) is 3.54. The molecule has 1 atom stereocenters. The molecule has 0 aromatic rings. The van der Waals surface area contributed by atoms with Crippen LogP contribution in [0.15, 0.2) is 12.7 Å². The molecular weight excluding hydrogens is 148 g/mol. The molecule has 0 bridgehead atoms. The van der Waals surface area contributed by atoms with Gasteiger partial charge < -0.3 is 0 Å². The quantitative estimate of drug-likeness (QED) is 0.585. The van der Waals surface area contributed by atoms with Crippen molar-refractivity contribution in [2.45, 2.75) is 39.3 Å². The molecule has 2 nitrogen and oxygen atoms in total. The van der Waals surface area contributed by atoms with Gasteiger partial charge in [-0.1, -0.05) is 6.08 Å². The molecule has 0 saturated carbocycles. The van der Waals surface area contributed by atoms with Gasteiger partial charge in [0, 0.05) is 25.0 Å². The van der Waals surface area contributed by atoms with E-state index in [-0.39, 0.29) is 0 Å². The normalized spacial score (nSPS) is 13.0. The van der Waals surface area contributed by atoms with E-state index < -0.39 is 0 Å². The van der Waals surface area contributed by atoms with Gasteiger partial charge >= 0.3 is 0 Å². The minimum Gasteiger partial charge on any atom is -0.294 e. The first kappa shape index (κ1) is 11.2. The molecule has 0 heterocycles. The second-order valence-electron chi connectivity index (χ2n) is 3.22. The van der Waals surface area contributed by atoms with Crippen LogP contribution in [0.3, 0.4) is 0 Å². The van der Waals surface area contributed by atoms with Crippen LogP contribution in [0.1, 0.15) is 27.2 Å². The first-order valence-electron chi connectivity index (χ1n) is 4.38. The molecule has 0 radical (unpaired) electrons. The molecular formula is C10H18N2. The van der Waals surface area contributed by atoms with Crippen LogP contribution in [0.4, 0.5) is 0 Å². The van der Waals surface area contributed by atoms with Gasteiger partial charge in [0.2, 0.25) is 0 Å². The van der Waals surface area contributed by atoms with Gasteiger partial charge in [-0.2, -0.15) is 5.26 Å². The van der Waals surface area contributed by atoms with Crippen molar-refractivity contribution in [3.8, 4) is 6.07 Å². The van der Waals surface area contributed by atoms with Crippen LogP contribution in [0, 0.1) is 11.3 Å². The zero-order chi connectivity index (χ0) is 9.56. The average molecular weight is 166 g/mol. The SMILES string of the molecule is C=CC(C)N(CCC#N)C(C)C. The number of nitrogens with zero attached hydrogens (tertiary/aromatic N) is 2. The molecule has 0 saturated heterocycles. The van der Waals surface area contributed by atoms with Crippen molar-refractivity contribution in [2.75, 3.05) is 6.54 Å². The second kappa shape index (κ2) is 5.79. The summed E-state index contributed by atoms with van der Waals surface area (Å²) in [4.78, 5) is 2.26. The van der Waals surface area contributed by atoms with Gasteiger partial charge in [0.1, 0.15) is 0 Å². The Balaban J connectivity index is 4.05. The summed E-state index contributed by atoms with van der Waals surface area (Å²) in [6.07, 6.45) is 2.51. The predicted octanol–water partition coefficient (Wildman–Crippen LogP) is 2.18. The second-order valence-corrected chi connectivity index (χ2v) is 3.22. The van der Waals surface area contributed by atoms with Gasteiger partial charge in [0.05, 0.1) is 6.07 Å². The number of hydrogen-bond donors (Lipinski definition) is 0. The van der Waals surface area contributed by atoms with Gasteiger partial charge in [-0.05, 0) is 20.8 Å². The Morgan fingerprint density at radius 3 is 2.42 bits per heavy atom. The van der Waals surface area contributed by atoms with Crippen LogP contribution in [0.2, 0.25) is 0 Å². The van der Waals surface area contributed by atoms with Crippen molar-refractivity contribution in [1.29, 1.82) is 5.26 Å². The van der Waals surface area contributed by atoms with Crippen molar-refractivity contribution >= 4 is 0 Å². The van der Waals surface area contributed by atoms with Crippen molar-refractivity contribution in [3.63, 3.8) is 0 Å². The van der Waals surface area contributed by atoms with E-state index in [0.717, 1.165) is 6.54 Å². The fourth-order valence-corrected chi connectivity index (χ4v) is 1.25. The highest BCUT2D eigenvalue weighted by molar-refractivity contribution is 4.87. The summed E-state index contributed by atoms with van der Waals surface area (Å²) in [6.45, 7) is 11.0. The summed E-state index contributed by atoms with van der Waals surface area (Å²) >= 11 is 0. The van der Waals surface area contributed by atoms with Crippen LogP contribution in [0.5, 0.6) is 0 Å². The third-order valence-electron chi connectivity index (χ3n) is 2.01. The Morgan fingerprint density at radius 1 is 1.50 bits per heavy atom. The maximum atomic E-state index is 8.45. The highest BCUT2D eigenvalue weighted by Gasteiger charge is 2.12. The molecule has 0 spiro atoms. The minimum absolute atomic E-state index is 0.360. The highest BCUT2D eigenvalue weighted by Crippen LogP contribution is 2.06. The molecule has 0 aromatic carbocycles. The van der Waals surface area contributed by atoms with Gasteiger partial charge in [-0.25, -0.2) is 0 Å². The lowest BCUT2D eigenvalue weighted by atomic mass is 10.2. The van der Waals surface area contributed by atoms with E-state index in [4.69, 9.17) is 5.26 Å². The lowest BCUT2D eigenvalue weighted by Crippen LogP contribution is -2.38. The largest absolute Gasteiger partial charge is 0.294 e. The van der Waals surface area contributed by atoms with Crippen LogP contribution >= 0.6 is 0 Å². The number of nitriles is 1. The first-order valence-corrected chi connectivity index (χ1v) is 4.38. The molecule has 0 amide bonds. The van der Waals surface area contributed by atoms with Crippen LogP contribution in [0.25, 0.3) is 0 Å². The summed E-state index contributed by atoms with van der Waals surface area (Å²) in [5.41, 5.74) is 0. The molecule has 0 rings (SSSR count). The van der Waals surface area contributed by atoms with E-state index in [2.05, 4.69) is 38.3 Å². The van der Waals surface area contributed by atoms with Crippen molar-refractivity contribution in [2.24, 2.45) is 0 Å². The van der Waals surface area contributed by atoms with Crippen molar-refractivity contribution in [3.05, 3.63) is 12.7 Å². The smallest absolute Gasteiger partial charge is 0.0635 e. The van der Waals surface area contributed by atoms with Gasteiger partial charge in [0.15, 0.2) is 0 Å².